The van der Waals surface area contributed by atoms with Gasteiger partial charge < -0.3 is 20.4 Å². The van der Waals surface area contributed by atoms with Gasteiger partial charge in [-0.3, -0.25) is 9.59 Å². The molecule has 36 heavy (non-hydrogen) atoms. The summed E-state index contributed by atoms with van der Waals surface area (Å²) in [4.78, 5) is 43.2. The smallest absolute Gasteiger partial charge is 0.317 e. The lowest BCUT2D eigenvalue weighted by Gasteiger charge is -2.41. The summed E-state index contributed by atoms with van der Waals surface area (Å²) in [7, 11) is 0. The summed E-state index contributed by atoms with van der Waals surface area (Å²) in [6, 6.07) is 22.1. The lowest BCUT2D eigenvalue weighted by atomic mass is 10.0. The van der Waals surface area contributed by atoms with Crippen molar-refractivity contribution in [3.63, 3.8) is 0 Å². The van der Waals surface area contributed by atoms with Crippen molar-refractivity contribution in [3.8, 4) is 0 Å². The number of amides is 4. The molecule has 1 aliphatic rings. The van der Waals surface area contributed by atoms with Crippen LogP contribution in [-0.4, -0.2) is 65.4 Å². The topological polar surface area (TPSA) is 81.8 Å². The van der Waals surface area contributed by atoms with Gasteiger partial charge in [-0.2, -0.15) is 0 Å². The van der Waals surface area contributed by atoms with Gasteiger partial charge >= 0.3 is 6.03 Å². The summed E-state index contributed by atoms with van der Waals surface area (Å²) >= 11 is 0. The fourth-order valence-corrected chi connectivity index (χ4v) is 4.72. The van der Waals surface area contributed by atoms with Crippen LogP contribution < -0.4 is 10.6 Å². The van der Waals surface area contributed by atoms with Crippen molar-refractivity contribution < 1.29 is 14.4 Å². The van der Waals surface area contributed by atoms with Crippen molar-refractivity contribution in [1.29, 1.82) is 0 Å². The monoisotopic (exact) mass is 486 g/mol. The van der Waals surface area contributed by atoms with Gasteiger partial charge in [0.25, 0.3) is 5.91 Å². The van der Waals surface area contributed by atoms with E-state index < -0.39 is 6.04 Å². The molecule has 1 aliphatic heterocycles. The van der Waals surface area contributed by atoms with Crippen LogP contribution in [-0.2, 0) is 11.2 Å². The predicted molar refractivity (Wildman–Crippen MR) is 142 cm³/mol. The molecule has 7 heteroatoms. The molecule has 1 heterocycles. The molecule has 4 amide bonds. The first-order valence-corrected chi connectivity index (χ1v) is 12.5. The number of nitrogens with one attached hydrogen (secondary N) is 2. The molecule has 2 atom stereocenters. The molecule has 3 aromatic rings. The Kier molecular flexibility index (Phi) is 7.88. The van der Waals surface area contributed by atoms with Gasteiger partial charge in [0.05, 0.1) is 0 Å². The van der Waals surface area contributed by atoms with E-state index in [-0.39, 0.29) is 29.9 Å². The molecule has 1 saturated heterocycles. The zero-order chi connectivity index (χ0) is 25.7. The molecular formula is C29H34N4O3. The maximum Gasteiger partial charge on any atom is 0.317 e. The number of urea groups is 1. The highest BCUT2D eigenvalue weighted by Gasteiger charge is 2.34. The molecule has 0 aliphatic carbocycles. The SMILES string of the molecule is CC(C)NC(=O)N1CCN(C(=O)C(Cc2ccccc2)NC(=O)c2cccc3ccccc23)CC1C. The van der Waals surface area contributed by atoms with Crippen LogP contribution in [0.4, 0.5) is 4.79 Å². The quantitative estimate of drug-likeness (QED) is 0.556. The molecule has 7 nitrogen and oxygen atoms in total. The largest absolute Gasteiger partial charge is 0.340 e. The third kappa shape index (κ3) is 5.85. The number of fused-ring (bicyclic) bond motifs is 1. The minimum Gasteiger partial charge on any atom is -0.340 e. The van der Waals surface area contributed by atoms with E-state index in [1.807, 2.05) is 87.5 Å². The summed E-state index contributed by atoms with van der Waals surface area (Å²) in [5, 5.41) is 7.77. The van der Waals surface area contributed by atoms with Crippen LogP contribution in [0.1, 0.15) is 36.7 Å². The van der Waals surface area contributed by atoms with Crippen molar-refractivity contribution in [2.24, 2.45) is 0 Å². The lowest BCUT2D eigenvalue weighted by Crippen LogP contribution is -2.61. The van der Waals surface area contributed by atoms with Crippen molar-refractivity contribution in [2.75, 3.05) is 19.6 Å². The maximum absolute atomic E-state index is 13.7. The number of carbonyl (C=O) groups is 3. The minimum absolute atomic E-state index is 0.0453. The predicted octanol–water partition coefficient (Wildman–Crippen LogP) is 3.83. The van der Waals surface area contributed by atoms with E-state index in [4.69, 9.17) is 0 Å². The molecule has 2 N–H and O–H groups in total. The van der Waals surface area contributed by atoms with Gasteiger partial charge in [0.2, 0.25) is 5.91 Å². The zero-order valence-corrected chi connectivity index (χ0v) is 21.1. The Hall–Kier alpha value is -3.87. The molecule has 0 saturated carbocycles. The first-order valence-electron chi connectivity index (χ1n) is 12.5. The molecule has 188 valence electrons. The zero-order valence-electron chi connectivity index (χ0n) is 21.1. The second kappa shape index (κ2) is 11.2. The van der Waals surface area contributed by atoms with Crippen LogP contribution in [0.15, 0.2) is 72.8 Å². The van der Waals surface area contributed by atoms with Crippen molar-refractivity contribution in [3.05, 3.63) is 83.9 Å². The average molecular weight is 487 g/mol. The number of piperazine rings is 1. The Balaban J connectivity index is 1.53. The maximum atomic E-state index is 13.7. The van der Waals surface area contributed by atoms with E-state index in [2.05, 4.69) is 10.6 Å². The Morgan fingerprint density at radius 2 is 1.58 bits per heavy atom. The van der Waals surface area contributed by atoms with Gasteiger partial charge in [-0.25, -0.2) is 4.79 Å². The second-order valence-electron chi connectivity index (χ2n) is 9.67. The third-order valence-corrected chi connectivity index (χ3v) is 6.53. The second-order valence-corrected chi connectivity index (χ2v) is 9.67. The van der Waals surface area contributed by atoms with Crippen LogP contribution in [0, 0.1) is 0 Å². The highest BCUT2D eigenvalue weighted by Crippen LogP contribution is 2.19. The summed E-state index contributed by atoms with van der Waals surface area (Å²) in [6.07, 6.45) is 0.388. The summed E-state index contributed by atoms with van der Waals surface area (Å²) in [6.45, 7) is 7.08. The lowest BCUT2D eigenvalue weighted by molar-refractivity contribution is -0.135. The van der Waals surface area contributed by atoms with Crippen molar-refractivity contribution >= 4 is 28.6 Å². The minimum atomic E-state index is -0.720. The van der Waals surface area contributed by atoms with E-state index in [1.165, 1.54) is 0 Å². The van der Waals surface area contributed by atoms with E-state index in [0.29, 0.717) is 31.6 Å². The number of rotatable bonds is 6. The van der Waals surface area contributed by atoms with Crippen LogP contribution in [0.5, 0.6) is 0 Å². The highest BCUT2D eigenvalue weighted by atomic mass is 16.2. The van der Waals surface area contributed by atoms with Crippen LogP contribution in [0.2, 0.25) is 0 Å². The molecule has 0 spiro atoms. The van der Waals surface area contributed by atoms with Gasteiger partial charge in [0.1, 0.15) is 6.04 Å². The van der Waals surface area contributed by atoms with Crippen LogP contribution in [0.3, 0.4) is 0 Å². The van der Waals surface area contributed by atoms with Crippen molar-refractivity contribution in [1.82, 2.24) is 20.4 Å². The summed E-state index contributed by atoms with van der Waals surface area (Å²) in [5.74, 6) is -0.410. The fraction of sp³-hybridized carbons (Fsp3) is 0.345. The molecule has 3 aromatic carbocycles. The van der Waals surface area contributed by atoms with Crippen LogP contribution >= 0.6 is 0 Å². The summed E-state index contributed by atoms with van der Waals surface area (Å²) in [5.41, 5.74) is 1.51. The van der Waals surface area contributed by atoms with E-state index in [0.717, 1.165) is 16.3 Å². The normalized spacial score (nSPS) is 16.6. The molecular weight excluding hydrogens is 452 g/mol. The van der Waals surface area contributed by atoms with E-state index in [9.17, 15) is 14.4 Å². The number of hydrogen-bond donors (Lipinski definition) is 2. The number of carbonyl (C=O) groups excluding carboxylic acids is 3. The molecule has 0 aromatic heterocycles. The number of hydrogen-bond acceptors (Lipinski definition) is 3. The summed E-state index contributed by atoms with van der Waals surface area (Å²) < 4.78 is 0. The van der Waals surface area contributed by atoms with Gasteiger partial charge in [0, 0.05) is 43.7 Å². The number of benzene rings is 3. The van der Waals surface area contributed by atoms with E-state index >= 15 is 0 Å². The van der Waals surface area contributed by atoms with Crippen LogP contribution in [0.25, 0.3) is 10.8 Å². The van der Waals surface area contributed by atoms with Gasteiger partial charge in [0.15, 0.2) is 0 Å². The average Bonchev–Trinajstić information content (AvgIpc) is 2.87. The molecule has 1 fully saturated rings. The molecule has 2 unspecified atom stereocenters. The third-order valence-electron chi connectivity index (χ3n) is 6.53. The standard InChI is InChI=1S/C29H34N4O3/c1-20(2)30-29(36)33-17-16-32(19-21(33)3)28(35)26(18-22-10-5-4-6-11-22)31-27(34)25-15-9-13-23-12-7-8-14-24(23)25/h4-15,20-21,26H,16-19H2,1-3H3,(H,30,36)(H,31,34). The Morgan fingerprint density at radius 1 is 0.889 bits per heavy atom. The van der Waals surface area contributed by atoms with Gasteiger partial charge in [-0.1, -0.05) is 66.7 Å². The first kappa shape index (κ1) is 25.2. The molecule has 0 radical (unpaired) electrons. The molecule has 4 rings (SSSR count). The van der Waals surface area contributed by atoms with E-state index in [1.54, 1.807) is 15.9 Å². The Bertz CT molecular complexity index is 1220. The Morgan fingerprint density at radius 3 is 2.31 bits per heavy atom. The van der Waals surface area contributed by atoms with Crippen molar-refractivity contribution in [2.45, 2.75) is 45.3 Å². The first-order chi connectivity index (χ1) is 17.3. The van der Waals surface area contributed by atoms with Gasteiger partial charge in [-0.05, 0) is 43.2 Å². The highest BCUT2D eigenvalue weighted by molar-refractivity contribution is 6.08. The molecule has 0 bridgehead atoms. The van der Waals surface area contributed by atoms with Gasteiger partial charge in [-0.15, -0.1) is 0 Å². The fourth-order valence-electron chi connectivity index (χ4n) is 4.72. The Labute approximate surface area is 212 Å². The number of nitrogens with zero attached hydrogens (tertiary/aromatic N) is 2.